The van der Waals surface area contributed by atoms with E-state index in [-0.39, 0.29) is 11.5 Å². The quantitative estimate of drug-likeness (QED) is 0.470. The normalized spacial score (nSPS) is 13.3. The van der Waals surface area contributed by atoms with Gasteiger partial charge in [-0.2, -0.15) is 0 Å². The number of nitro benzene ring substituents is 1. The third-order valence-corrected chi connectivity index (χ3v) is 4.26. The molecule has 0 radical (unpaired) electrons. The standard InChI is InChI=1S/C15H12BrFN2O2/c16-9-11-7-13(19(20)21)3-4-14(11)18-6-5-10-1-2-12(17)8-15(10)18/h1-4,7-8H,5-6,9H2. The van der Waals surface area contributed by atoms with E-state index in [9.17, 15) is 14.5 Å². The zero-order chi connectivity index (χ0) is 15.0. The van der Waals surface area contributed by atoms with Crippen molar-refractivity contribution in [2.45, 2.75) is 11.8 Å². The molecule has 0 amide bonds. The Balaban J connectivity index is 2.07. The smallest absolute Gasteiger partial charge is 0.269 e. The van der Waals surface area contributed by atoms with Crippen LogP contribution >= 0.6 is 15.9 Å². The summed E-state index contributed by atoms with van der Waals surface area (Å²) in [6.07, 6.45) is 0.842. The fourth-order valence-corrected chi connectivity index (χ4v) is 3.11. The van der Waals surface area contributed by atoms with E-state index in [2.05, 4.69) is 15.9 Å². The Morgan fingerprint density at radius 1 is 1.24 bits per heavy atom. The van der Waals surface area contributed by atoms with Crippen LogP contribution in [0.3, 0.4) is 0 Å². The van der Waals surface area contributed by atoms with E-state index in [0.717, 1.165) is 35.5 Å². The maximum atomic E-state index is 13.5. The number of rotatable bonds is 3. The molecule has 1 heterocycles. The third-order valence-electron chi connectivity index (χ3n) is 3.65. The second kappa shape index (κ2) is 5.44. The molecule has 0 spiro atoms. The first kappa shape index (κ1) is 14.0. The summed E-state index contributed by atoms with van der Waals surface area (Å²) in [5, 5.41) is 11.4. The molecule has 0 saturated carbocycles. The first-order valence-electron chi connectivity index (χ1n) is 6.49. The average molecular weight is 351 g/mol. The van der Waals surface area contributed by atoms with Crippen molar-refractivity contribution in [3.63, 3.8) is 0 Å². The van der Waals surface area contributed by atoms with Crippen molar-refractivity contribution in [3.05, 3.63) is 63.5 Å². The Bertz CT molecular complexity index is 721. The lowest BCUT2D eigenvalue weighted by Gasteiger charge is -2.22. The zero-order valence-corrected chi connectivity index (χ0v) is 12.6. The number of nitro groups is 1. The fraction of sp³-hybridized carbons (Fsp3) is 0.200. The van der Waals surface area contributed by atoms with Crippen molar-refractivity contribution >= 4 is 33.0 Å². The van der Waals surface area contributed by atoms with Crippen LogP contribution in [0.25, 0.3) is 0 Å². The van der Waals surface area contributed by atoms with Crippen LogP contribution in [0.15, 0.2) is 36.4 Å². The molecular weight excluding hydrogens is 339 g/mol. The molecule has 6 heteroatoms. The molecule has 1 aliphatic heterocycles. The third kappa shape index (κ3) is 2.51. The van der Waals surface area contributed by atoms with Crippen molar-refractivity contribution in [2.24, 2.45) is 0 Å². The maximum Gasteiger partial charge on any atom is 0.269 e. The number of hydrogen-bond acceptors (Lipinski definition) is 3. The van der Waals surface area contributed by atoms with Gasteiger partial charge in [0.1, 0.15) is 5.82 Å². The molecule has 4 nitrogen and oxygen atoms in total. The largest absolute Gasteiger partial charge is 0.341 e. The summed E-state index contributed by atoms with van der Waals surface area (Å²) >= 11 is 3.37. The number of halogens is 2. The minimum atomic E-state index is -0.409. The number of anilines is 2. The number of fused-ring (bicyclic) bond motifs is 1. The number of benzene rings is 2. The van der Waals surface area contributed by atoms with E-state index in [1.807, 2.05) is 4.90 Å². The van der Waals surface area contributed by atoms with E-state index in [1.54, 1.807) is 18.2 Å². The Morgan fingerprint density at radius 3 is 2.76 bits per heavy atom. The van der Waals surface area contributed by atoms with E-state index >= 15 is 0 Å². The summed E-state index contributed by atoms with van der Waals surface area (Å²) in [5.41, 5.74) is 3.69. The van der Waals surface area contributed by atoms with Crippen molar-refractivity contribution in [2.75, 3.05) is 11.4 Å². The lowest BCUT2D eigenvalue weighted by atomic mass is 10.1. The zero-order valence-electron chi connectivity index (χ0n) is 11.1. The van der Waals surface area contributed by atoms with Gasteiger partial charge in [-0.3, -0.25) is 10.1 Å². The van der Waals surface area contributed by atoms with Crippen molar-refractivity contribution in [1.82, 2.24) is 0 Å². The molecule has 0 bridgehead atoms. The lowest BCUT2D eigenvalue weighted by Crippen LogP contribution is -2.15. The van der Waals surface area contributed by atoms with Gasteiger partial charge in [0.05, 0.1) is 4.92 Å². The van der Waals surface area contributed by atoms with Gasteiger partial charge in [0, 0.05) is 35.4 Å². The summed E-state index contributed by atoms with van der Waals surface area (Å²) in [7, 11) is 0. The average Bonchev–Trinajstić information content (AvgIpc) is 2.89. The van der Waals surface area contributed by atoms with E-state index in [4.69, 9.17) is 0 Å². The molecule has 108 valence electrons. The molecule has 0 fully saturated rings. The van der Waals surface area contributed by atoms with Crippen molar-refractivity contribution in [3.8, 4) is 0 Å². The highest BCUT2D eigenvalue weighted by atomic mass is 79.9. The molecule has 0 unspecified atom stereocenters. The highest BCUT2D eigenvalue weighted by Gasteiger charge is 2.23. The predicted octanol–water partition coefficient (Wildman–Crippen LogP) is 4.32. The van der Waals surface area contributed by atoms with Gasteiger partial charge >= 0.3 is 0 Å². The molecule has 0 saturated heterocycles. The van der Waals surface area contributed by atoms with Gasteiger partial charge in [-0.05, 0) is 35.7 Å². The van der Waals surface area contributed by atoms with Gasteiger partial charge in [-0.25, -0.2) is 4.39 Å². The Labute approximate surface area is 129 Å². The summed E-state index contributed by atoms with van der Waals surface area (Å²) in [5.74, 6) is -0.275. The Morgan fingerprint density at radius 2 is 2.05 bits per heavy atom. The van der Waals surface area contributed by atoms with Gasteiger partial charge < -0.3 is 4.90 Å². The Hall–Kier alpha value is -1.95. The first-order chi connectivity index (χ1) is 10.1. The summed E-state index contributed by atoms with van der Waals surface area (Å²) in [4.78, 5) is 12.5. The van der Waals surface area contributed by atoms with Gasteiger partial charge in [0.15, 0.2) is 0 Å². The molecule has 3 rings (SSSR count). The summed E-state index contributed by atoms with van der Waals surface area (Å²) in [6.45, 7) is 0.747. The van der Waals surface area contributed by atoms with Crippen LogP contribution in [0, 0.1) is 15.9 Å². The molecule has 21 heavy (non-hydrogen) atoms. The van der Waals surface area contributed by atoms with Crippen molar-refractivity contribution < 1.29 is 9.31 Å². The monoisotopic (exact) mass is 350 g/mol. The molecule has 0 N–H and O–H groups in total. The van der Waals surface area contributed by atoms with E-state index in [0.29, 0.717) is 5.33 Å². The molecule has 2 aromatic carbocycles. The summed E-state index contributed by atoms with van der Waals surface area (Å²) < 4.78 is 13.5. The van der Waals surface area contributed by atoms with Crippen LogP contribution in [0.5, 0.6) is 0 Å². The SMILES string of the molecule is O=[N+]([O-])c1ccc(N2CCc3ccc(F)cc32)c(CBr)c1. The topological polar surface area (TPSA) is 46.4 Å². The fourth-order valence-electron chi connectivity index (χ4n) is 2.66. The number of non-ortho nitro benzene ring substituents is 1. The van der Waals surface area contributed by atoms with Gasteiger partial charge in [0.25, 0.3) is 5.69 Å². The second-order valence-corrected chi connectivity index (χ2v) is 5.44. The van der Waals surface area contributed by atoms with Gasteiger partial charge in [-0.15, -0.1) is 0 Å². The molecule has 2 aromatic rings. The first-order valence-corrected chi connectivity index (χ1v) is 7.61. The summed E-state index contributed by atoms with van der Waals surface area (Å²) in [6, 6.07) is 9.55. The van der Waals surface area contributed by atoms with Crippen LogP contribution in [-0.4, -0.2) is 11.5 Å². The molecule has 0 aliphatic carbocycles. The van der Waals surface area contributed by atoms with Crippen LogP contribution in [-0.2, 0) is 11.8 Å². The van der Waals surface area contributed by atoms with Crippen molar-refractivity contribution in [1.29, 1.82) is 0 Å². The molecule has 0 atom stereocenters. The number of hydrogen-bond donors (Lipinski definition) is 0. The highest BCUT2D eigenvalue weighted by molar-refractivity contribution is 9.08. The lowest BCUT2D eigenvalue weighted by molar-refractivity contribution is -0.384. The predicted molar refractivity (Wildman–Crippen MR) is 82.8 cm³/mol. The van der Waals surface area contributed by atoms with Gasteiger partial charge in [-0.1, -0.05) is 22.0 Å². The minimum Gasteiger partial charge on any atom is -0.341 e. The number of nitrogens with zero attached hydrogens (tertiary/aromatic N) is 2. The molecule has 1 aliphatic rings. The number of alkyl halides is 1. The molecular formula is C15H12BrFN2O2. The maximum absolute atomic E-state index is 13.5. The van der Waals surface area contributed by atoms with Crippen LogP contribution in [0.4, 0.5) is 21.5 Å². The van der Waals surface area contributed by atoms with Crippen LogP contribution in [0.1, 0.15) is 11.1 Å². The minimum absolute atomic E-state index is 0.0619. The van der Waals surface area contributed by atoms with Crippen LogP contribution in [0.2, 0.25) is 0 Å². The second-order valence-electron chi connectivity index (χ2n) is 4.88. The highest BCUT2D eigenvalue weighted by Crippen LogP contribution is 2.38. The van der Waals surface area contributed by atoms with E-state index < -0.39 is 4.92 Å². The van der Waals surface area contributed by atoms with Gasteiger partial charge in [0.2, 0.25) is 0 Å². The Kier molecular flexibility index (Phi) is 3.63. The van der Waals surface area contributed by atoms with E-state index in [1.165, 1.54) is 18.2 Å². The molecule has 0 aromatic heterocycles. The van der Waals surface area contributed by atoms with Crippen LogP contribution < -0.4 is 4.90 Å².